The molecular weight excluding hydrogens is 326 g/mol. The zero-order chi connectivity index (χ0) is 13.2. The maximum Gasteiger partial charge on any atom is 0.124 e. The Morgan fingerprint density at radius 2 is 1.95 bits per heavy atom. The molecule has 0 saturated heterocycles. The molecule has 2 aromatic rings. The number of fused-ring (bicyclic) bond motifs is 1. The van der Waals surface area contributed by atoms with Crippen LogP contribution in [0.5, 0.6) is 5.75 Å². The average molecular weight is 339 g/mol. The van der Waals surface area contributed by atoms with Crippen molar-refractivity contribution in [2.45, 2.75) is 12.5 Å². The molecular formula is C15H13BrClNO. The third-order valence-corrected chi connectivity index (χ3v) is 3.94. The third-order valence-electron chi connectivity index (χ3n) is 3.20. The van der Waals surface area contributed by atoms with E-state index >= 15 is 0 Å². The highest BCUT2D eigenvalue weighted by Gasteiger charge is 2.21. The van der Waals surface area contributed by atoms with Gasteiger partial charge in [0, 0.05) is 27.2 Å². The standard InChI is InChI=1S/C15H13BrClNO/c16-10-1-6-15-13(9-10)14(7-8-19-15)18-12-4-2-11(17)3-5-12/h1-6,9,14,18H,7-8H2. The van der Waals surface area contributed by atoms with Crippen LogP contribution < -0.4 is 10.1 Å². The molecule has 3 rings (SSSR count). The summed E-state index contributed by atoms with van der Waals surface area (Å²) in [4.78, 5) is 0. The van der Waals surface area contributed by atoms with Gasteiger partial charge >= 0.3 is 0 Å². The number of ether oxygens (including phenoxy) is 1. The molecule has 2 aromatic carbocycles. The fourth-order valence-electron chi connectivity index (χ4n) is 2.26. The smallest absolute Gasteiger partial charge is 0.124 e. The molecule has 0 spiro atoms. The summed E-state index contributed by atoms with van der Waals surface area (Å²) in [6.07, 6.45) is 0.950. The van der Waals surface area contributed by atoms with Crippen molar-refractivity contribution in [3.05, 3.63) is 57.5 Å². The zero-order valence-corrected chi connectivity index (χ0v) is 12.5. The minimum Gasteiger partial charge on any atom is -0.493 e. The lowest BCUT2D eigenvalue weighted by atomic mass is 10.0. The zero-order valence-electron chi connectivity index (χ0n) is 10.2. The summed E-state index contributed by atoms with van der Waals surface area (Å²) >= 11 is 9.41. The van der Waals surface area contributed by atoms with Gasteiger partial charge in [0.25, 0.3) is 0 Å². The quantitative estimate of drug-likeness (QED) is 0.828. The number of benzene rings is 2. The molecule has 1 heterocycles. The molecule has 0 aromatic heterocycles. The molecule has 0 bridgehead atoms. The highest BCUT2D eigenvalue weighted by atomic mass is 79.9. The van der Waals surface area contributed by atoms with E-state index in [1.807, 2.05) is 36.4 Å². The maximum absolute atomic E-state index is 5.90. The van der Waals surface area contributed by atoms with E-state index in [2.05, 4.69) is 27.3 Å². The van der Waals surface area contributed by atoms with Crippen molar-refractivity contribution in [1.82, 2.24) is 0 Å². The molecule has 19 heavy (non-hydrogen) atoms. The van der Waals surface area contributed by atoms with Gasteiger partial charge in [0.1, 0.15) is 5.75 Å². The second-order valence-corrected chi connectivity index (χ2v) is 5.88. The molecule has 0 amide bonds. The van der Waals surface area contributed by atoms with Crippen molar-refractivity contribution in [2.75, 3.05) is 11.9 Å². The Morgan fingerprint density at radius 3 is 2.74 bits per heavy atom. The van der Waals surface area contributed by atoms with Crippen LogP contribution in [-0.4, -0.2) is 6.61 Å². The van der Waals surface area contributed by atoms with E-state index in [1.54, 1.807) is 0 Å². The molecule has 4 heteroatoms. The number of anilines is 1. The third kappa shape index (κ3) is 2.88. The molecule has 1 N–H and O–H groups in total. The predicted molar refractivity (Wildman–Crippen MR) is 82.1 cm³/mol. The normalized spacial score (nSPS) is 17.5. The molecule has 98 valence electrons. The molecule has 1 unspecified atom stereocenters. The lowest BCUT2D eigenvalue weighted by Gasteiger charge is -2.27. The van der Waals surface area contributed by atoms with Gasteiger partial charge in [-0.05, 0) is 42.5 Å². The molecule has 1 atom stereocenters. The van der Waals surface area contributed by atoms with Crippen LogP contribution in [-0.2, 0) is 0 Å². The van der Waals surface area contributed by atoms with Gasteiger partial charge < -0.3 is 10.1 Å². The highest BCUT2D eigenvalue weighted by molar-refractivity contribution is 9.10. The summed E-state index contributed by atoms with van der Waals surface area (Å²) < 4.78 is 6.75. The second kappa shape index (κ2) is 5.43. The van der Waals surface area contributed by atoms with Crippen molar-refractivity contribution in [3.63, 3.8) is 0 Å². The van der Waals surface area contributed by atoms with Crippen molar-refractivity contribution >= 4 is 33.2 Å². The molecule has 0 saturated carbocycles. The van der Waals surface area contributed by atoms with Crippen LogP contribution in [0.2, 0.25) is 5.02 Å². The second-order valence-electron chi connectivity index (χ2n) is 4.52. The van der Waals surface area contributed by atoms with Crippen LogP contribution >= 0.6 is 27.5 Å². The lowest BCUT2D eigenvalue weighted by molar-refractivity contribution is 0.274. The van der Waals surface area contributed by atoms with Crippen LogP contribution in [0.3, 0.4) is 0 Å². The monoisotopic (exact) mass is 337 g/mol. The molecule has 0 radical (unpaired) electrons. The Hall–Kier alpha value is -1.19. The van der Waals surface area contributed by atoms with E-state index in [9.17, 15) is 0 Å². The largest absolute Gasteiger partial charge is 0.493 e. The van der Waals surface area contributed by atoms with E-state index < -0.39 is 0 Å². The fourth-order valence-corrected chi connectivity index (χ4v) is 2.77. The molecule has 1 aliphatic heterocycles. The van der Waals surface area contributed by atoms with Crippen molar-refractivity contribution in [2.24, 2.45) is 0 Å². The van der Waals surface area contributed by atoms with E-state index in [-0.39, 0.29) is 6.04 Å². The summed E-state index contributed by atoms with van der Waals surface area (Å²) in [5, 5.41) is 4.28. The Balaban J connectivity index is 1.87. The summed E-state index contributed by atoms with van der Waals surface area (Å²) in [5.74, 6) is 0.959. The lowest BCUT2D eigenvalue weighted by Crippen LogP contribution is -2.20. The Labute approximate surface area is 125 Å². The van der Waals surface area contributed by atoms with Crippen LogP contribution in [0.25, 0.3) is 0 Å². The summed E-state index contributed by atoms with van der Waals surface area (Å²) in [6, 6.07) is 14.2. The predicted octanol–water partition coefficient (Wildman–Crippen LogP) is 5.04. The van der Waals surface area contributed by atoms with Crippen molar-refractivity contribution in [3.8, 4) is 5.75 Å². The van der Waals surface area contributed by atoms with Gasteiger partial charge in [-0.3, -0.25) is 0 Å². The SMILES string of the molecule is Clc1ccc(NC2CCOc3ccc(Br)cc32)cc1. The average Bonchev–Trinajstić information content (AvgIpc) is 2.42. The van der Waals surface area contributed by atoms with Crippen LogP contribution in [0, 0.1) is 0 Å². The first kappa shape index (κ1) is 12.8. The van der Waals surface area contributed by atoms with Crippen molar-refractivity contribution in [1.29, 1.82) is 0 Å². The van der Waals surface area contributed by atoms with E-state index in [1.165, 1.54) is 5.56 Å². The maximum atomic E-state index is 5.90. The number of hydrogen-bond donors (Lipinski definition) is 1. The van der Waals surface area contributed by atoms with Crippen LogP contribution in [0.4, 0.5) is 5.69 Å². The topological polar surface area (TPSA) is 21.3 Å². The number of rotatable bonds is 2. The van der Waals surface area contributed by atoms with Crippen molar-refractivity contribution < 1.29 is 4.74 Å². The van der Waals surface area contributed by atoms with E-state index in [0.29, 0.717) is 0 Å². The van der Waals surface area contributed by atoms with Gasteiger partial charge in [-0.15, -0.1) is 0 Å². The Bertz CT molecular complexity index is 585. The minimum absolute atomic E-state index is 0.266. The Kier molecular flexibility index (Phi) is 3.67. The first-order valence-electron chi connectivity index (χ1n) is 6.17. The molecule has 2 nitrogen and oxygen atoms in total. The Morgan fingerprint density at radius 1 is 1.16 bits per heavy atom. The van der Waals surface area contributed by atoms with Gasteiger partial charge in [-0.1, -0.05) is 27.5 Å². The van der Waals surface area contributed by atoms with Gasteiger partial charge in [-0.25, -0.2) is 0 Å². The number of hydrogen-bond acceptors (Lipinski definition) is 2. The molecule has 0 fully saturated rings. The fraction of sp³-hybridized carbons (Fsp3) is 0.200. The first-order chi connectivity index (χ1) is 9.22. The molecule has 0 aliphatic carbocycles. The van der Waals surface area contributed by atoms with Gasteiger partial charge in [0.2, 0.25) is 0 Å². The summed E-state index contributed by atoms with van der Waals surface area (Å²) in [6.45, 7) is 0.736. The molecule has 1 aliphatic rings. The van der Waals surface area contributed by atoms with E-state index in [4.69, 9.17) is 16.3 Å². The summed E-state index contributed by atoms with van der Waals surface area (Å²) in [7, 11) is 0. The number of nitrogens with one attached hydrogen (secondary N) is 1. The minimum atomic E-state index is 0.266. The highest BCUT2D eigenvalue weighted by Crippen LogP contribution is 2.36. The summed E-state index contributed by atoms with van der Waals surface area (Å²) in [5.41, 5.74) is 2.26. The van der Waals surface area contributed by atoms with E-state index in [0.717, 1.165) is 34.0 Å². The van der Waals surface area contributed by atoms with Gasteiger partial charge in [0.05, 0.1) is 12.6 Å². The van der Waals surface area contributed by atoms with Gasteiger partial charge in [0.15, 0.2) is 0 Å². The first-order valence-corrected chi connectivity index (χ1v) is 7.34. The van der Waals surface area contributed by atoms with Crippen LogP contribution in [0.15, 0.2) is 46.9 Å². The van der Waals surface area contributed by atoms with Crippen LogP contribution in [0.1, 0.15) is 18.0 Å². The number of halogens is 2. The van der Waals surface area contributed by atoms with Gasteiger partial charge in [-0.2, -0.15) is 0 Å².